The summed E-state index contributed by atoms with van der Waals surface area (Å²) in [5, 5.41) is 4.55. The fourth-order valence-corrected chi connectivity index (χ4v) is 2.40. The predicted octanol–water partition coefficient (Wildman–Crippen LogP) is 3.33. The molecule has 1 aromatic heterocycles. The maximum atomic E-state index is 6.20. The van der Waals surface area contributed by atoms with Crippen LogP contribution in [0.1, 0.15) is 31.0 Å². The van der Waals surface area contributed by atoms with Gasteiger partial charge in [-0.15, -0.1) is 0 Å². The summed E-state index contributed by atoms with van der Waals surface area (Å²) in [6.45, 7) is 4.22. The van der Waals surface area contributed by atoms with Crippen LogP contribution in [-0.4, -0.2) is 16.9 Å². The van der Waals surface area contributed by atoms with Gasteiger partial charge in [-0.3, -0.25) is 4.68 Å². The van der Waals surface area contributed by atoms with E-state index in [4.69, 9.17) is 10.5 Å². The fraction of sp³-hybridized carbons (Fsp3) is 0.438. The first-order chi connectivity index (χ1) is 9.58. The minimum Gasteiger partial charge on any atom is -0.496 e. The molecule has 1 heterocycles. The molecule has 0 saturated heterocycles. The zero-order valence-corrected chi connectivity index (χ0v) is 12.7. The van der Waals surface area contributed by atoms with Gasteiger partial charge in [0.2, 0.25) is 0 Å². The Morgan fingerprint density at radius 2 is 2.10 bits per heavy atom. The third-order valence-electron chi connectivity index (χ3n) is 3.63. The fourth-order valence-electron chi connectivity index (χ4n) is 2.40. The van der Waals surface area contributed by atoms with Crippen molar-refractivity contribution in [1.29, 1.82) is 0 Å². The standard InChI is InChI=1S/C16H23N3O/c1-5-6-7-13-15(16(17)19(3)18-13)12-9-8-11(2)14(10-12)20-4/h8-10H,5-7,17H2,1-4H3. The minimum absolute atomic E-state index is 0.710. The van der Waals surface area contributed by atoms with Crippen LogP contribution in [0.5, 0.6) is 5.75 Å². The number of aromatic nitrogens is 2. The molecular weight excluding hydrogens is 250 g/mol. The Morgan fingerprint density at radius 1 is 1.35 bits per heavy atom. The predicted molar refractivity (Wildman–Crippen MR) is 83.0 cm³/mol. The van der Waals surface area contributed by atoms with Gasteiger partial charge in [0.1, 0.15) is 11.6 Å². The average Bonchev–Trinajstić information content (AvgIpc) is 2.73. The van der Waals surface area contributed by atoms with Crippen LogP contribution in [0, 0.1) is 6.92 Å². The van der Waals surface area contributed by atoms with E-state index in [-0.39, 0.29) is 0 Å². The number of ether oxygens (including phenoxy) is 1. The van der Waals surface area contributed by atoms with Crippen LogP contribution >= 0.6 is 0 Å². The lowest BCUT2D eigenvalue weighted by atomic mass is 10.0. The van der Waals surface area contributed by atoms with E-state index in [1.807, 2.05) is 20.0 Å². The van der Waals surface area contributed by atoms with Crippen molar-refractivity contribution in [2.24, 2.45) is 7.05 Å². The molecule has 0 aliphatic rings. The Kier molecular flexibility index (Phi) is 4.32. The molecule has 0 bridgehead atoms. The second kappa shape index (κ2) is 5.99. The van der Waals surface area contributed by atoms with Gasteiger partial charge in [0.05, 0.1) is 12.8 Å². The summed E-state index contributed by atoms with van der Waals surface area (Å²) in [7, 11) is 3.58. The second-order valence-electron chi connectivity index (χ2n) is 5.12. The molecule has 0 atom stereocenters. The van der Waals surface area contributed by atoms with Crippen molar-refractivity contribution in [3.8, 4) is 16.9 Å². The van der Waals surface area contributed by atoms with Crippen LogP contribution in [-0.2, 0) is 13.5 Å². The molecule has 0 unspecified atom stereocenters. The topological polar surface area (TPSA) is 53.1 Å². The molecule has 2 aromatic rings. The lowest BCUT2D eigenvalue weighted by Gasteiger charge is -2.09. The zero-order valence-electron chi connectivity index (χ0n) is 12.7. The number of nitrogens with two attached hydrogens (primary N) is 1. The minimum atomic E-state index is 0.710. The normalized spacial score (nSPS) is 10.8. The van der Waals surface area contributed by atoms with Crippen LogP contribution < -0.4 is 10.5 Å². The second-order valence-corrected chi connectivity index (χ2v) is 5.12. The molecule has 2 rings (SSSR count). The van der Waals surface area contributed by atoms with E-state index < -0.39 is 0 Å². The monoisotopic (exact) mass is 273 g/mol. The number of anilines is 1. The van der Waals surface area contributed by atoms with Gasteiger partial charge in [0, 0.05) is 12.6 Å². The molecule has 0 aliphatic carbocycles. The Bertz CT molecular complexity index is 602. The van der Waals surface area contributed by atoms with Crippen molar-refractivity contribution < 1.29 is 4.74 Å². The molecule has 0 radical (unpaired) electrons. The highest BCUT2D eigenvalue weighted by atomic mass is 16.5. The number of rotatable bonds is 5. The van der Waals surface area contributed by atoms with E-state index >= 15 is 0 Å². The highest BCUT2D eigenvalue weighted by Crippen LogP contribution is 2.33. The van der Waals surface area contributed by atoms with E-state index in [0.29, 0.717) is 5.82 Å². The summed E-state index contributed by atoms with van der Waals surface area (Å²) in [5.74, 6) is 1.59. The van der Waals surface area contributed by atoms with Crippen molar-refractivity contribution in [1.82, 2.24) is 9.78 Å². The van der Waals surface area contributed by atoms with E-state index in [1.54, 1.807) is 11.8 Å². The molecule has 2 N–H and O–H groups in total. The molecule has 0 amide bonds. The van der Waals surface area contributed by atoms with Crippen molar-refractivity contribution in [3.63, 3.8) is 0 Å². The smallest absolute Gasteiger partial charge is 0.129 e. The summed E-state index contributed by atoms with van der Waals surface area (Å²) >= 11 is 0. The van der Waals surface area contributed by atoms with Crippen molar-refractivity contribution in [2.45, 2.75) is 33.1 Å². The Hall–Kier alpha value is -1.97. The van der Waals surface area contributed by atoms with Crippen molar-refractivity contribution in [3.05, 3.63) is 29.5 Å². The van der Waals surface area contributed by atoms with Gasteiger partial charge in [-0.1, -0.05) is 25.5 Å². The number of hydrogen-bond acceptors (Lipinski definition) is 3. The highest BCUT2D eigenvalue weighted by Gasteiger charge is 2.16. The number of unbranched alkanes of at least 4 members (excludes halogenated alkanes) is 1. The molecule has 0 saturated carbocycles. The van der Waals surface area contributed by atoms with Gasteiger partial charge in [0.25, 0.3) is 0 Å². The van der Waals surface area contributed by atoms with Gasteiger partial charge in [-0.2, -0.15) is 5.10 Å². The maximum absolute atomic E-state index is 6.20. The van der Waals surface area contributed by atoms with Gasteiger partial charge < -0.3 is 10.5 Å². The number of nitrogens with zero attached hydrogens (tertiary/aromatic N) is 2. The molecule has 108 valence electrons. The van der Waals surface area contributed by atoms with E-state index in [9.17, 15) is 0 Å². The zero-order chi connectivity index (χ0) is 14.7. The van der Waals surface area contributed by atoms with Gasteiger partial charge in [-0.05, 0) is 37.0 Å². The lowest BCUT2D eigenvalue weighted by Crippen LogP contribution is -1.98. The Labute approximate surface area is 120 Å². The SMILES string of the molecule is CCCCc1nn(C)c(N)c1-c1ccc(C)c(OC)c1. The first kappa shape index (κ1) is 14.4. The van der Waals surface area contributed by atoms with Crippen LogP contribution in [0.25, 0.3) is 11.1 Å². The van der Waals surface area contributed by atoms with Crippen LogP contribution in [0.2, 0.25) is 0 Å². The summed E-state index contributed by atoms with van der Waals surface area (Å²) in [6, 6.07) is 6.18. The molecule has 0 fully saturated rings. The number of nitrogen functional groups attached to an aromatic ring is 1. The van der Waals surface area contributed by atoms with Crippen LogP contribution in [0.4, 0.5) is 5.82 Å². The first-order valence-corrected chi connectivity index (χ1v) is 7.04. The summed E-state index contributed by atoms with van der Waals surface area (Å²) in [5.41, 5.74) is 10.5. The van der Waals surface area contributed by atoms with Crippen molar-refractivity contribution >= 4 is 5.82 Å². The summed E-state index contributed by atoms with van der Waals surface area (Å²) in [6.07, 6.45) is 3.21. The molecule has 0 aliphatic heterocycles. The summed E-state index contributed by atoms with van der Waals surface area (Å²) < 4.78 is 7.16. The Balaban J connectivity index is 2.50. The van der Waals surface area contributed by atoms with E-state index in [1.165, 1.54) is 0 Å². The number of aryl methyl sites for hydroxylation is 3. The molecule has 4 nitrogen and oxygen atoms in total. The van der Waals surface area contributed by atoms with E-state index in [0.717, 1.165) is 47.4 Å². The van der Waals surface area contributed by atoms with Gasteiger partial charge >= 0.3 is 0 Å². The molecule has 1 aromatic carbocycles. The Morgan fingerprint density at radius 3 is 2.75 bits per heavy atom. The van der Waals surface area contributed by atoms with Crippen LogP contribution in [0.15, 0.2) is 18.2 Å². The third kappa shape index (κ3) is 2.64. The lowest BCUT2D eigenvalue weighted by molar-refractivity contribution is 0.412. The largest absolute Gasteiger partial charge is 0.496 e. The number of benzene rings is 1. The summed E-state index contributed by atoms with van der Waals surface area (Å²) in [4.78, 5) is 0. The number of hydrogen-bond donors (Lipinski definition) is 1. The molecule has 0 spiro atoms. The maximum Gasteiger partial charge on any atom is 0.129 e. The molecule has 20 heavy (non-hydrogen) atoms. The first-order valence-electron chi connectivity index (χ1n) is 7.04. The van der Waals surface area contributed by atoms with E-state index in [2.05, 4.69) is 24.2 Å². The molecular formula is C16H23N3O. The van der Waals surface area contributed by atoms with Gasteiger partial charge in [0.15, 0.2) is 0 Å². The number of methoxy groups -OCH3 is 1. The van der Waals surface area contributed by atoms with Crippen molar-refractivity contribution in [2.75, 3.05) is 12.8 Å². The average molecular weight is 273 g/mol. The van der Waals surface area contributed by atoms with Gasteiger partial charge in [-0.25, -0.2) is 0 Å². The highest BCUT2D eigenvalue weighted by molar-refractivity contribution is 5.78. The quantitative estimate of drug-likeness (QED) is 0.909. The molecule has 4 heteroatoms. The van der Waals surface area contributed by atoms with Crippen LogP contribution in [0.3, 0.4) is 0 Å². The third-order valence-corrected chi connectivity index (χ3v) is 3.63.